The number of thiophene rings is 1. The maximum absolute atomic E-state index is 13.9. The summed E-state index contributed by atoms with van der Waals surface area (Å²) >= 11 is 1.36. The molecule has 0 aliphatic carbocycles. The summed E-state index contributed by atoms with van der Waals surface area (Å²) in [6.07, 6.45) is 0. The molecule has 0 atom stereocenters. The number of ether oxygens (including phenoxy) is 2. The fourth-order valence-corrected chi connectivity index (χ4v) is 4.83. The van der Waals surface area contributed by atoms with Crippen LogP contribution in [-0.4, -0.2) is 31.6 Å². The molecule has 1 aliphatic rings. The van der Waals surface area contributed by atoms with E-state index in [2.05, 4.69) is 5.32 Å². The molecular weight excluding hydrogens is 443 g/mol. The summed E-state index contributed by atoms with van der Waals surface area (Å²) in [6, 6.07) is 11.6. The monoisotopic (exact) mass is 468 g/mol. The molecule has 0 saturated carbocycles. The summed E-state index contributed by atoms with van der Waals surface area (Å²) < 4.78 is 25.0. The lowest BCUT2D eigenvalue weighted by Gasteiger charge is -2.39. The Balaban J connectivity index is 1.84. The molecule has 8 heteroatoms. The normalized spacial score (nSPS) is 14.5. The molecule has 2 aromatic carbocycles. The van der Waals surface area contributed by atoms with Gasteiger partial charge in [0.05, 0.1) is 18.5 Å². The van der Waals surface area contributed by atoms with E-state index in [1.807, 2.05) is 39.0 Å². The zero-order chi connectivity index (χ0) is 23.9. The van der Waals surface area contributed by atoms with Crippen LogP contribution in [-0.2, 0) is 16.1 Å². The summed E-state index contributed by atoms with van der Waals surface area (Å²) in [5.41, 5.74) is 2.49. The number of nitrogens with one attached hydrogen (secondary N) is 1. The highest BCUT2D eigenvalue weighted by Crippen LogP contribution is 2.44. The van der Waals surface area contributed by atoms with Crippen LogP contribution in [0.15, 0.2) is 42.5 Å². The molecule has 2 heterocycles. The average Bonchev–Trinajstić information content (AvgIpc) is 3.22. The molecule has 6 nitrogen and oxygen atoms in total. The van der Waals surface area contributed by atoms with Crippen LogP contribution in [0.3, 0.4) is 0 Å². The van der Waals surface area contributed by atoms with Crippen LogP contribution >= 0.6 is 11.3 Å². The van der Waals surface area contributed by atoms with Gasteiger partial charge < -0.3 is 19.7 Å². The summed E-state index contributed by atoms with van der Waals surface area (Å²) in [6.45, 7) is 5.46. The van der Waals surface area contributed by atoms with Crippen LogP contribution in [0.5, 0.6) is 5.75 Å². The molecule has 1 amide bonds. The molecule has 0 saturated heterocycles. The fraction of sp³-hybridized carbons (Fsp3) is 0.280. The minimum Gasteiger partial charge on any atom is -0.496 e. The number of likely N-dealkylation sites (N-methyl/N-ethyl adjacent to an activating group) is 1. The number of hydrogen-bond acceptors (Lipinski definition) is 6. The molecule has 1 aromatic heterocycles. The quantitative estimate of drug-likeness (QED) is 0.508. The van der Waals surface area contributed by atoms with Crippen molar-refractivity contribution in [3.8, 4) is 16.9 Å². The van der Waals surface area contributed by atoms with Crippen LogP contribution in [0, 0.1) is 12.7 Å². The Bertz CT molecular complexity index is 1250. The van der Waals surface area contributed by atoms with E-state index in [0.29, 0.717) is 33.0 Å². The van der Waals surface area contributed by atoms with Gasteiger partial charge >= 0.3 is 5.97 Å². The minimum absolute atomic E-state index is 0.0749. The number of carbonyl (C=O) groups is 2. The van der Waals surface area contributed by atoms with Gasteiger partial charge in [-0.05, 0) is 56.7 Å². The molecular formula is C25H25FN2O4S. The molecule has 3 aromatic rings. The molecule has 172 valence electrons. The summed E-state index contributed by atoms with van der Waals surface area (Å²) in [7, 11) is 3.17. The smallest absolute Gasteiger partial charge is 0.348 e. The largest absolute Gasteiger partial charge is 0.496 e. The van der Waals surface area contributed by atoms with Crippen LogP contribution in [0.4, 0.5) is 15.8 Å². The third-order valence-corrected chi connectivity index (χ3v) is 6.63. The Kier molecular flexibility index (Phi) is 5.88. The molecule has 1 N–H and O–H groups in total. The van der Waals surface area contributed by atoms with Gasteiger partial charge in [-0.15, -0.1) is 11.3 Å². The summed E-state index contributed by atoms with van der Waals surface area (Å²) in [5, 5.41) is 3.27. The average molecular weight is 469 g/mol. The van der Waals surface area contributed by atoms with Crippen molar-refractivity contribution in [3.05, 3.63) is 63.6 Å². The lowest BCUT2D eigenvalue weighted by Crippen LogP contribution is -2.52. The van der Waals surface area contributed by atoms with E-state index >= 15 is 0 Å². The molecule has 0 radical (unpaired) electrons. The molecule has 1 aliphatic heterocycles. The summed E-state index contributed by atoms with van der Waals surface area (Å²) in [5.74, 6) is -0.653. The highest BCUT2D eigenvalue weighted by Gasteiger charge is 2.38. The first-order valence-electron chi connectivity index (χ1n) is 10.4. The standard InChI is InChI=1S/C25H25FN2O4S/c1-14-6-11-21(33-14)23(29)32-13-18-16(17-8-7-15(26)12-20(17)31-5)9-10-19-22(18)28(4)24(30)25(2,3)27-19/h6-12,27H,13H2,1-5H3. The van der Waals surface area contributed by atoms with Crippen molar-refractivity contribution in [2.75, 3.05) is 24.4 Å². The van der Waals surface area contributed by atoms with Gasteiger partial charge in [-0.2, -0.15) is 0 Å². The summed E-state index contributed by atoms with van der Waals surface area (Å²) in [4.78, 5) is 28.8. The van der Waals surface area contributed by atoms with E-state index in [1.54, 1.807) is 24.1 Å². The van der Waals surface area contributed by atoms with Crippen LogP contribution < -0.4 is 15.0 Å². The molecule has 4 rings (SSSR count). The second kappa shape index (κ2) is 8.51. The fourth-order valence-electron chi connectivity index (χ4n) is 4.07. The van der Waals surface area contributed by atoms with Gasteiger partial charge in [0, 0.05) is 29.1 Å². The van der Waals surface area contributed by atoms with E-state index in [1.165, 1.54) is 30.6 Å². The number of benzene rings is 2. The second-order valence-corrected chi connectivity index (χ2v) is 9.72. The Morgan fingerprint density at radius 2 is 1.88 bits per heavy atom. The van der Waals surface area contributed by atoms with Crippen LogP contribution in [0.2, 0.25) is 0 Å². The van der Waals surface area contributed by atoms with E-state index < -0.39 is 17.3 Å². The highest BCUT2D eigenvalue weighted by atomic mass is 32.1. The molecule has 0 fully saturated rings. The van der Waals surface area contributed by atoms with Gasteiger partial charge in [-0.3, -0.25) is 4.79 Å². The van der Waals surface area contributed by atoms with Crippen molar-refractivity contribution in [1.29, 1.82) is 0 Å². The number of carbonyl (C=O) groups excluding carboxylic acids is 2. The Morgan fingerprint density at radius 1 is 1.15 bits per heavy atom. The SMILES string of the molecule is COc1cc(F)ccc1-c1ccc2c(c1COC(=O)c1ccc(C)s1)N(C)C(=O)C(C)(C)N2. The predicted octanol–water partition coefficient (Wildman–Crippen LogP) is 5.40. The van der Waals surface area contributed by atoms with Gasteiger partial charge in [0.15, 0.2) is 0 Å². The zero-order valence-electron chi connectivity index (χ0n) is 19.1. The number of fused-ring (bicyclic) bond motifs is 1. The second-order valence-electron chi connectivity index (χ2n) is 8.43. The number of amides is 1. The van der Waals surface area contributed by atoms with Gasteiger partial charge in [0.1, 0.15) is 28.6 Å². The van der Waals surface area contributed by atoms with Crippen molar-refractivity contribution in [1.82, 2.24) is 0 Å². The predicted molar refractivity (Wildman–Crippen MR) is 128 cm³/mol. The number of methoxy groups -OCH3 is 1. The lowest BCUT2D eigenvalue weighted by atomic mass is 9.92. The minimum atomic E-state index is -0.792. The first-order valence-corrected chi connectivity index (χ1v) is 11.2. The first-order chi connectivity index (χ1) is 15.6. The van der Waals surface area contributed by atoms with Crippen LogP contribution in [0.1, 0.15) is 34.0 Å². The zero-order valence-corrected chi connectivity index (χ0v) is 19.9. The molecule has 0 spiro atoms. The van der Waals surface area contributed by atoms with E-state index in [-0.39, 0.29) is 12.5 Å². The molecule has 0 bridgehead atoms. The number of anilines is 2. The Hall–Kier alpha value is -3.39. The Morgan fingerprint density at radius 3 is 2.55 bits per heavy atom. The van der Waals surface area contributed by atoms with Crippen molar-refractivity contribution in [2.24, 2.45) is 0 Å². The number of nitrogens with zero attached hydrogens (tertiary/aromatic N) is 1. The topological polar surface area (TPSA) is 67.9 Å². The van der Waals surface area contributed by atoms with Gasteiger partial charge in [0.25, 0.3) is 5.91 Å². The number of halogens is 1. The van der Waals surface area contributed by atoms with Crippen molar-refractivity contribution in [3.63, 3.8) is 0 Å². The number of rotatable bonds is 5. The third kappa shape index (κ3) is 4.18. The van der Waals surface area contributed by atoms with Crippen molar-refractivity contribution in [2.45, 2.75) is 32.9 Å². The third-order valence-electron chi connectivity index (χ3n) is 5.65. The number of hydrogen-bond donors (Lipinski definition) is 1. The van der Waals surface area contributed by atoms with Crippen molar-refractivity contribution >= 4 is 34.6 Å². The van der Waals surface area contributed by atoms with Crippen LogP contribution in [0.25, 0.3) is 11.1 Å². The van der Waals surface area contributed by atoms with E-state index in [4.69, 9.17) is 9.47 Å². The maximum atomic E-state index is 13.9. The lowest BCUT2D eigenvalue weighted by molar-refractivity contribution is -0.121. The van der Waals surface area contributed by atoms with Gasteiger partial charge in [-0.1, -0.05) is 6.07 Å². The van der Waals surface area contributed by atoms with Crippen molar-refractivity contribution < 1.29 is 23.5 Å². The molecule has 0 unspecified atom stereocenters. The number of esters is 1. The van der Waals surface area contributed by atoms with E-state index in [0.717, 1.165) is 10.6 Å². The first kappa shape index (κ1) is 22.8. The highest BCUT2D eigenvalue weighted by molar-refractivity contribution is 7.13. The number of aryl methyl sites for hydroxylation is 1. The van der Waals surface area contributed by atoms with Gasteiger partial charge in [-0.25, -0.2) is 9.18 Å². The van der Waals surface area contributed by atoms with Gasteiger partial charge in [0.2, 0.25) is 0 Å². The van der Waals surface area contributed by atoms with E-state index in [9.17, 15) is 14.0 Å². The Labute approximate surface area is 195 Å². The maximum Gasteiger partial charge on any atom is 0.348 e. The molecule has 33 heavy (non-hydrogen) atoms.